The Balaban J connectivity index is 2.17. The molecule has 1 N–H and O–H groups in total. The van der Waals surface area contributed by atoms with Crippen molar-refractivity contribution in [2.45, 2.75) is 0 Å². The van der Waals surface area contributed by atoms with Gasteiger partial charge in [-0.3, -0.25) is 9.99 Å². The molecule has 2 aromatic rings. The molecule has 0 radical (unpaired) electrons. The average Bonchev–Trinajstić information content (AvgIpc) is 2.63. The second-order valence-electron chi connectivity index (χ2n) is 3.14. The van der Waals surface area contributed by atoms with Gasteiger partial charge in [0.05, 0.1) is 18.6 Å². The molecule has 7 heteroatoms. The summed E-state index contributed by atoms with van der Waals surface area (Å²) in [5.41, 5.74) is 2.55. The van der Waals surface area contributed by atoms with Gasteiger partial charge in [-0.25, -0.2) is 14.5 Å². The van der Waals surface area contributed by atoms with Gasteiger partial charge in [-0.2, -0.15) is 4.98 Å². The first kappa shape index (κ1) is 8.04. The van der Waals surface area contributed by atoms with E-state index in [9.17, 15) is 4.79 Å². The first-order valence-corrected chi connectivity index (χ1v) is 4.30. The fourth-order valence-corrected chi connectivity index (χ4v) is 1.34. The second kappa shape index (κ2) is 2.59. The summed E-state index contributed by atoms with van der Waals surface area (Å²) in [4.78, 5) is 19.1. The van der Waals surface area contributed by atoms with Crippen LogP contribution < -0.4 is 15.9 Å². The summed E-state index contributed by atoms with van der Waals surface area (Å²) in [6, 6.07) is 0.419. The summed E-state index contributed by atoms with van der Waals surface area (Å²) in [6.45, 7) is 0. The van der Waals surface area contributed by atoms with Crippen molar-refractivity contribution in [2.75, 3.05) is 5.43 Å². The van der Waals surface area contributed by atoms with E-state index in [4.69, 9.17) is 4.74 Å². The van der Waals surface area contributed by atoms with Gasteiger partial charge in [0.15, 0.2) is 11.6 Å². The SMILES string of the molecule is Cn1cc2c(nc1=O)Nn1ccnc1O2. The summed E-state index contributed by atoms with van der Waals surface area (Å²) < 4.78 is 8.32. The molecule has 0 atom stereocenters. The van der Waals surface area contributed by atoms with E-state index in [1.165, 1.54) is 4.57 Å². The van der Waals surface area contributed by atoms with Crippen LogP contribution in [-0.4, -0.2) is 19.2 Å². The maximum absolute atomic E-state index is 11.3. The third-order valence-corrected chi connectivity index (χ3v) is 2.09. The highest BCUT2D eigenvalue weighted by atomic mass is 16.5. The van der Waals surface area contributed by atoms with E-state index < -0.39 is 0 Å². The number of ether oxygens (including phenoxy) is 1. The van der Waals surface area contributed by atoms with E-state index >= 15 is 0 Å². The molecule has 76 valence electrons. The Hall–Kier alpha value is -2.31. The van der Waals surface area contributed by atoms with E-state index in [2.05, 4.69) is 15.4 Å². The molecule has 0 amide bonds. The zero-order chi connectivity index (χ0) is 10.4. The van der Waals surface area contributed by atoms with Gasteiger partial charge >= 0.3 is 11.7 Å². The molecule has 0 fully saturated rings. The molecule has 2 aromatic heterocycles. The predicted octanol–water partition coefficient (Wildman–Crippen LogP) is -0.0423. The topological polar surface area (TPSA) is 74.0 Å². The maximum atomic E-state index is 11.3. The first-order valence-electron chi connectivity index (χ1n) is 4.30. The lowest BCUT2D eigenvalue weighted by molar-refractivity contribution is 0.407. The number of fused-ring (bicyclic) bond motifs is 2. The zero-order valence-corrected chi connectivity index (χ0v) is 7.84. The largest absolute Gasteiger partial charge is 0.419 e. The molecular formula is C8H7N5O2. The van der Waals surface area contributed by atoms with Crippen molar-refractivity contribution in [1.29, 1.82) is 0 Å². The van der Waals surface area contributed by atoms with Gasteiger partial charge in [-0.1, -0.05) is 0 Å². The number of aryl methyl sites for hydroxylation is 1. The summed E-state index contributed by atoms with van der Waals surface area (Å²) in [6.07, 6.45) is 4.83. The Morgan fingerprint density at radius 3 is 3.27 bits per heavy atom. The van der Waals surface area contributed by atoms with Crippen LogP contribution in [0.1, 0.15) is 0 Å². The molecule has 3 rings (SSSR count). The summed E-state index contributed by atoms with van der Waals surface area (Å²) in [7, 11) is 1.61. The molecule has 0 bridgehead atoms. The van der Waals surface area contributed by atoms with E-state index in [0.29, 0.717) is 17.6 Å². The molecule has 3 heterocycles. The molecule has 1 aliphatic rings. The van der Waals surface area contributed by atoms with Crippen LogP contribution in [-0.2, 0) is 7.05 Å². The lowest BCUT2D eigenvalue weighted by Crippen LogP contribution is -2.25. The molecule has 0 saturated carbocycles. The van der Waals surface area contributed by atoms with Crippen molar-refractivity contribution < 1.29 is 4.74 Å². The van der Waals surface area contributed by atoms with Crippen LogP contribution in [0.5, 0.6) is 11.8 Å². The Labute approximate surface area is 83.9 Å². The molecule has 15 heavy (non-hydrogen) atoms. The number of rotatable bonds is 0. The Bertz CT molecular complexity index is 585. The van der Waals surface area contributed by atoms with Gasteiger partial charge < -0.3 is 4.74 Å². The van der Waals surface area contributed by atoms with E-state index in [1.54, 1.807) is 30.3 Å². The number of nitrogens with one attached hydrogen (secondary N) is 1. The van der Waals surface area contributed by atoms with Gasteiger partial charge in [0.25, 0.3) is 0 Å². The maximum Gasteiger partial charge on any atom is 0.349 e. The third-order valence-electron chi connectivity index (χ3n) is 2.09. The van der Waals surface area contributed by atoms with Crippen LogP contribution >= 0.6 is 0 Å². The van der Waals surface area contributed by atoms with Crippen LogP contribution in [0.25, 0.3) is 0 Å². The Morgan fingerprint density at radius 1 is 1.53 bits per heavy atom. The van der Waals surface area contributed by atoms with Crippen LogP contribution in [0.2, 0.25) is 0 Å². The second-order valence-corrected chi connectivity index (χ2v) is 3.14. The highest BCUT2D eigenvalue weighted by Crippen LogP contribution is 2.29. The van der Waals surface area contributed by atoms with Crippen molar-refractivity contribution in [2.24, 2.45) is 7.05 Å². The highest BCUT2D eigenvalue weighted by Gasteiger charge is 2.18. The average molecular weight is 205 g/mol. The van der Waals surface area contributed by atoms with Crippen molar-refractivity contribution in [3.8, 4) is 11.8 Å². The Kier molecular flexibility index (Phi) is 1.39. The monoisotopic (exact) mass is 205 g/mol. The number of hydrogen-bond donors (Lipinski definition) is 1. The molecule has 7 nitrogen and oxygen atoms in total. The minimum Gasteiger partial charge on any atom is -0.419 e. The molecular weight excluding hydrogens is 198 g/mol. The lowest BCUT2D eigenvalue weighted by atomic mass is 10.5. The molecule has 0 spiro atoms. The van der Waals surface area contributed by atoms with Gasteiger partial charge in [-0.05, 0) is 0 Å². The van der Waals surface area contributed by atoms with Crippen LogP contribution in [0.3, 0.4) is 0 Å². The smallest absolute Gasteiger partial charge is 0.349 e. The molecule has 0 saturated heterocycles. The van der Waals surface area contributed by atoms with E-state index in [0.717, 1.165) is 0 Å². The highest BCUT2D eigenvalue weighted by molar-refractivity contribution is 5.51. The molecule has 0 aliphatic carbocycles. The molecule has 0 aromatic carbocycles. The van der Waals surface area contributed by atoms with Gasteiger partial charge in [0.1, 0.15) is 0 Å². The number of hydrogen-bond acceptors (Lipinski definition) is 5. The van der Waals surface area contributed by atoms with Gasteiger partial charge in [0.2, 0.25) is 0 Å². The van der Waals surface area contributed by atoms with Crippen LogP contribution in [0.4, 0.5) is 5.82 Å². The molecule has 1 aliphatic heterocycles. The fraction of sp³-hybridized carbons (Fsp3) is 0.125. The minimum atomic E-state index is -0.339. The van der Waals surface area contributed by atoms with Gasteiger partial charge in [0, 0.05) is 7.05 Å². The van der Waals surface area contributed by atoms with Crippen molar-refractivity contribution in [1.82, 2.24) is 19.2 Å². The third kappa shape index (κ3) is 1.09. The van der Waals surface area contributed by atoms with Crippen LogP contribution in [0.15, 0.2) is 23.4 Å². The fourth-order valence-electron chi connectivity index (χ4n) is 1.34. The minimum absolute atomic E-state index is 0.339. The van der Waals surface area contributed by atoms with Gasteiger partial charge in [-0.15, -0.1) is 0 Å². The van der Waals surface area contributed by atoms with Crippen molar-refractivity contribution >= 4 is 5.82 Å². The number of anilines is 1. The summed E-state index contributed by atoms with van der Waals surface area (Å²) >= 11 is 0. The number of imidazole rings is 1. The van der Waals surface area contributed by atoms with Crippen molar-refractivity contribution in [3.05, 3.63) is 29.1 Å². The molecule has 0 unspecified atom stereocenters. The first-order chi connectivity index (χ1) is 7.24. The summed E-state index contributed by atoms with van der Waals surface area (Å²) in [5.74, 6) is 0.874. The number of nitrogens with zero attached hydrogens (tertiary/aromatic N) is 4. The number of aromatic nitrogens is 4. The van der Waals surface area contributed by atoms with Crippen LogP contribution in [0, 0.1) is 0 Å². The Morgan fingerprint density at radius 2 is 2.40 bits per heavy atom. The predicted molar refractivity (Wildman–Crippen MR) is 50.8 cm³/mol. The van der Waals surface area contributed by atoms with E-state index in [1.807, 2.05) is 0 Å². The zero-order valence-electron chi connectivity index (χ0n) is 7.84. The van der Waals surface area contributed by atoms with Crippen molar-refractivity contribution in [3.63, 3.8) is 0 Å². The van der Waals surface area contributed by atoms with E-state index in [-0.39, 0.29) is 5.69 Å². The quantitative estimate of drug-likeness (QED) is 0.557. The lowest BCUT2D eigenvalue weighted by Gasteiger charge is -2.18. The standard InChI is InChI=1S/C8H7N5O2/c1-12-4-5-6(10-7(12)14)11-13-3-2-9-8(13)15-5/h2-4H,1H3,(H,10,11,14). The summed E-state index contributed by atoms with van der Waals surface area (Å²) in [5, 5.41) is 0. The normalized spacial score (nSPS) is 12.3.